The number of halogens is 3. The van der Waals surface area contributed by atoms with Crippen molar-refractivity contribution < 1.29 is 18.0 Å². The topological polar surface area (TPSA) is 79.2 Å². The third-order valence-electron chi connectivity index (χ3n) is 7.02. The maximum Gasteiger partial charge on any atom is 0.246 e. The number of aryl methyl sites for hydroxylation is 1. The first-order valence-corrected chi connectivity index (χ1v) is 13.0. The molecule has 40 heavy (non-hydrogen) atoms. The van der Waals surface area contributed by atoms with E-state index in [0.717, 1.165) is 6.20 Å². The monoisotopic (exact) mass is 549 g/mol. The summed E-state index contributed by atoms with van der Waals surface area (Å²) in [5.74, 6) is -1.11. The predicted molar refractivity (Wildman–Crippen MR) is 148 cm³/mol. The highest BCUT2D eigenvalue weighted by atomic mass is 19.1. The number of carbonyl (C=O) groups excluding carboxylic acids is 1. The van der Waals surface area contributed by atoms with Crippen LogP contribution in [0.2, 0.25) is 0 Å². The highest BCUT2D eigenvalue weighted by Gasteiger charge is 2.21. The van der Waals surface area contributed by atoms with Crippen molar-refractivity contribution in [3.8, 4) is 11.3 Å². The van der Waals surface area contributed by atoms with Crippen molar-refractivity contribution in [3.63, 3.8) is 0 Å². The van der Waals surface area contributed by atoms with E-state index in [0.29, 0.717) is 55.3 Å². The molecule has 0 aliphatic carbocycles. The van der Waals surface area contributed by atoms with Gasteiger partial charge in [0.05, 0.1) is 11.7 Å². The van der Waals surface area contributed by atoms with Crippen molar-refractivity contribution in [3.05, 3.63) is 78.0 Å². The summed E-state index contributed by atoms with van der Waals surface area (Å²) in [4.78, 5) is 28.2. The van der Waals surface area contributed by atoms with Gasteiger partial charge in [-0.3, -0.25) is 9.69 Å². The first kappa shape index (κ1) is 27.3. The fraction of sp³-hybridized carbons (Fsp3) is 0.310. The molecule has 1 aliphatic heterocycles. The summed E-state index contributed by atoms with van der Waals surface area (Å²) in [5, 5.41) is 2.92. The predicted octanol–water partition coefficient (Wildman–Crippen LogP) is 5.37. The summed E-state index contributed by atoms with van der Waals surface area (Å²) in [5.41, 5.74) is 1.81. The van der Waals surface area contributed by atoms with Crippen molar-refractivity contribution in [1.82, 2.24) is 29.3 Å². The zero-order valence-electron chi connectivity index (χ0n) is 22.6. The van der Waals surface area contributed by atoms with Gasteiger partial charge in [0, 0.05) is 55.6 Å². The molecule has 1 aliphatic rings. The Morgan fingerprint density at radius 3 is 2.48 bits per heavy atom. The van der Waals surface area contributed by atoms with Crippen LogP contribution in [-0.2, 0) is 11.3 Å². The van der Waals surface area contributed by atoms with E-state index in [4.69, 9.17) is 0 Å². The Morgan fingerprint density at radius 1 is 1.05 bits per heavy atom. The number of hydrogen-bond donors (Lipinski definition) is 1. The minimum atomic E-state index is -0.715. The fourth-order valence-electron chi connectivity index (χ4n) is 5.07. The molecule has 4 aromatic rings. The van der Waals surface area contributed by atoms with Crippen molar-refractivity contribution in [2.75, 3.05) is 31.5 Å². The number of amides is 1. The molecule has 0 radical (unpaired) electrons. The van der Waals surface area contributed by atoms with E-state index < -0.39 is 17.5 Å². The second-order valence-electron chi connectivity index (χ2n) is 10.1. The van der Waals surface area contributed by atoms with Gasteiger partial charge in [0.2, 0.25) is 11.9 Å². The standard InChI is InChI=1S/C29H30F3N7O/c1-5-26(40)38-10-8-37(9-11-38)16-19-6-7-21(14-22(19)30)35-29-33-15-24(32)27(36-29)20-12-23(31)28-25(13-20)39(17(2)3)18(4)34-28/h5-7,12-15,17H,1,8-11,16H2,2-4H3,(H,33,35,36). The number of imidazole rings is 1. The Kier molecular flexibility index (Phi) is 7.57. The van der Waals surface area contributed by atoms with Gasteiger partial charge in [0.15, 0.2) is 11.6 Å². The third-order valence-corrected chi connectivity index (χ3v) is 7.02. The first-order valence-electron chi connectivity index (χ1n) is 13.0. The molecule has 1 amide bonds. The van der Waals surface area contributed by atoms with Crippen molar-refractivity contribution in [1.29, 1.82) is 0 Å². The van der Waals surface area contributed by atoms with Gasteiger partial charge in [-0.05, 0) is 51.1 Å². The van der Waals surface area contributed by atoms with Crippen molar-refractivity contribution >= 4 is 28.6 Å². The summed E-state index contributed by atoms with van der Waals surface area (Å²) in [7, 11) is 0. The van der Waals surface area contributed by atoms with Gasteiger partial charge >= 0.3 is 0 Å². The normalized spacial score (nSPS) is 14.2. The van der Waals surface area contributed by atoms with E-state index in [-0.39, 0.29) is 34.7 Å². The van der Waals surface area contributed by atoms with Crippen LogP contribution in [0.1, 0.15) is 31.3 Å². The number of hydrogen-bond acceptors (Lipinski definition) is 6. The number of fused-ring (bicyclic) bond motifs is 1. The lowest BCUT2D eigenvalue weighted by atomic mass is 10.1. The van der Waals surface area contributed by atoms with Crippen LogP contribution in [0.4, 0.5) is 24.8 Å². The number of aromatic nitrogens is 4. The molecule has 1 fully saturated rings. The highest BCUT2D eigenvalue weighted by molar-refractivity contribution is 5.87. The molecule has 11 heteroatoms. The summed E-state index contributed by atoms with van der Waals surface area (Å²) in [6.07, 6.45) is 2.30. The van der Waals surface area contributed by atoms with E-state index >= 15 is 0 Å². The largest absolute Gasteiger partial charge is 0.337 e. The second-order valence-corrected chi connectivity index (χ2v) is 10.1. The van der Waals surface area contributed by atoms with Crippen LogP contribution >= 0.6 is 0 Å². The lowest BCUT2D eigenvalue weighted by Gasteiger charge is -2.34. The Balaban J connectivity index is 1.34. The molecule has 1 N–H and O–H groups in total. The molecule has 3 heterocycles. The Labute approximate surface area is 230 Å². The molecular weight excluding hydrogens is 519 g/mol. The van der Waals surface area contributed by atoms with Crippen molar-refractivity contribution in [2.45, 2.75) is 33.4 Å². The highest BCUT2D eigenvalue weighted by Crippen LogP contribution is 2.30. The number of nitrogens with zero attached hydrogens (tertiary/aromatic N) is 6. The van der Waals surface area contributed by atoms with Gasteiger partial charge in [-0.25, -0.2) is 28.1 Å². The summed E-state index contributed by atoms with van der Waals surface area (Å²) in [6.45, 7) is 12.0. The lowest BCUT2D eigenvalue weighted by molar-refractivity contribution is -0.127. The van der Waals surface area contributed by atoms with Gasteiger partial charge in [-0.2, -0.15) is 0 Å². The van der Waals surface area contributed by atoms with E-state index in [1.54, 1.807) is 30.0 Å². The Bertz CT molecular complexity index is 1590. The van der Waals surface area contributed by atoms with Crippen LogP contribution in [0, 0.1) is 24.4 Å². The molecule has 0 saturated carbocycles. The molecule has 5 rings (SSSR count). The smallest absolute Gasteiger partial charge is 0.246 e. The van der Waals surface area contributed by atoms with Gasteiger partial charge in [-0.15, -0.1) is 0 Å². The number of piperazine rings is 1. The number of anilines is 2. The van der Waals surface area contributed by atoms with E-state index in [1.165, 1.54) is 18.2 Å². The first-order chi connectivity index (χ1) is 19.1. The number of carbonyl (C=O) groups is 1. The minimum Gasteiger partial charge on any atom is -0.337 e. The van der Waals surface area contributed by atoms with Crippen LogP contribution in [0.15, 0.2) is 49.2 Å². The lowest BCUT2D eigenvalue weighted by Crippen LogP contribution is -2.47. The molecule has 2 aromatic heterocycles. The molecule has 2 aromatic carbocycles. The molecule has 0 unspecified atom stereocenters. The zero-order valence-corrected chi connectivity index (χ0v) is 22.6. The fourth-order valence-corrected chi connectivity index (χ4v) is 5.07. The number of benzene rings is 2. The minimum absolute atomic E-state index is 0.0241. The third kappa shape index (κ3) is 5.42. The summed E-state index contributed by atoms with van der Waals surface area (Å²) in [6, 6.07) is 7.58. The molecule has 0 spiro atoms. The number of rotatable bonds is 7. The molecule has 208 valence electrons. The Hall–Kier alpha value is -4.25. The van der Waals surface area contributed by atoms with Crippen LogP contribution in [-0.4, -0.2) is 61.4 Å². The molecule has 8 nitrogen and oxygen atoms in total. The van der Waals surface area contributed by atoms with Gasteiger partial charge < -0.3 is 14.8 Å². The van der Waals surface area contributed by atoms with Gasteiger partial charge in [0.1, 0.15) is 22.9 Å². The summed E-state index contributed by atoms with van der Waals surface area (Å²) < 4.78 is 46.7. The maximum atomic E-state index is 15.0. The van der Waals surface area contributed by atoms with Crippen LogP contribution < -0.4 is 5.32 Å². The van der Waals surface area contributed by atoms with Crippen molar-refractivity contribution in [2.24, 2.45) is 0 Å². The Morgan fingerprint density at radius 2 is 1.80 bits per heavy atom. The van der Waals surface area contributed by atoms with Gasteiger partial charge in [-0.1, -0.05) is 12.6 Å². The van der Waals surface area contributed by atoms with E-state index in [2.05, 4.69) is 31.7 Å². The molecule has 0 bridgehead atoms. The zero-order chi connectivity index (χ0) is 28.6. The molecular formula is C29H30F3N7O. The van der Waals surface area contributed by atoms with Crippen LogP contribution in [0.3, 0.4) is 0 Å². The quantitative estimate of drug-likeness (QED) is 0.312. The average Bonchev–Trinajstić information content (AvgIpc) is 3.28. The van der Waals surface area contributed by atoms with E-state index in [1.807, 2.05) is 18.4 Å². The SMILES string of the molecule is C=CC(=O)N1CCN(Cc2ccc(Nc3ncc(F)c(-c4cc(F)c5nc(C)n(C(C)C)c5c4)n3)cc2F)CC1. The van der Waals surface area contributed by atoms with E-state index in [9.17, 15) is 18.0 Å². The maximum absolute atomic E-state index is 15.0. The van der Waals surface area contributed by atoms with Crippen LogP contribution in [0.25, 0.3) is 22.3 Å². The molecule has 0 atom stereocenters. The number of nitrogens with one attached hydrogen (secondary N) is 1. The average molecular weight is 550 g/mol. The van der Waals surface area contributed by atoms with Crippen LogP contribution in [0.5, 0.6) is 0 Å². The second kappa shape index (κ2) is 11.1. The molecule has 1 saturated heterocycles. The summed E-state index contributed by atoms with van der Waals surface area (Å²) >= 11 is 0. The van der Waals surface area contributed by atoms with Gasteiger partial charge in [0.25, 0.3) is 0 Å².